The quantitative estimate of drug-likeness (QED) is 0.891. The molecule has 6 heteroatoms. The lowest BCUT2D eigenvalue weighted by molar-refractivity contribution is -0.138. The Balaban J connectivity index is 2.13. The highest BCUT2D eigenvalue weighted by atomic mass is 16.4. The second kappa shape index (κ2) is 5.95. The van der Waals surface area contributed by atoms with Gasteiger partial charge >= 0.3 is 5.97 Å². The molecule has 2 amide bonds. The Bertz CT molecular complexity index is 597. The van der Waals surface area contributed by atoms with E-state index in [0.29, 0.717) is 25.1 Å². The van der Waals surface area contributed by atoms with Gasteiger partial charge in [0.25, 0.3) is 0 Å². The molecule has 1 heterocycles. The van der Waals surface area contributed by atoms with Gasteiger partial charge in [-0.25, -0.2) is 4.79 Å². The number of benzene rings is 1. The summed E-state index contributed by atoms with van der Waals surface area (Å²) >= 11 is 0. The summed E-state index contributed by atoms with van der Waals surface area (Å²) in [4.78, 5) is 37.5. The van der Waals surface area contributed by atoms with Gasteiger partial charge in [-0.3, -0.25) is 9.59 Å². The maximum atomic E-state index is 12.2. The highest BCUT2D eigenvalue weighted by Crippen LogP contribution is 2.22. The molecule has 0 saturated carbocycles. The molecule has 0 spiro atoms. The summed E-state index contributed by atoms with van der Waals surface area (Å²) in [5.74, 6) is -1.23. The van der Waals surface area contributed by atoms with E-state index >= 15 is 0 Å². The van der Waals surface area contributed by atoms with Crippen molar-refractivity contribution in [3.8, 4) is 0 Å². The summed E-state index contributed by atoms with van der Waals surface area (Å²) in [6.07, 6.45) is 0.521. The van der Waals surface area contributed by atoms with Crippen LogP contribution in [0.1, 0.15) is 28.4 Å². The van der Waals surface area contributed by atoms with E-state index in [1.54, 1.807) is 24.1 Å². The number of amides is 2. The van der Waals surface area contributed by atoms with E-state index < -0.39 is 5.97 Å². The van der Waals surface area contributed by atoms with Crippen LogP contribution >= 0.6 is 0 Å². The zero-order valence-electron chi connectivity index (χ0n) is 12.1. The zero-order chi connectivity index (χ0) is 15.6. The topological polar surface area (TPSA) is 77.9 Å². The highest BCUT2D eigenvalue weighted by Gasteiger charge is 2.24. The number of likely N-dealkylation sites (N-methyl/N-ethyl adjacent to an activating group) is 1. The smallest absolute Gasteiger partial charge is 0.335 e. The third kappa shape index (κ3) is 3.21. The van der Waals surface area contributed by atoms with Crippen molar-refractivity contribution in [2.75, 3.05) is 20.1 Å². The number of carbonyl (C=O) groups is 3. The van der Waals surface area contributed by atoms with E-state index in [4.69, 9.17) is 0 Å². The number of carboxylic acids is 1. The Hall–Kier alpha value is -2.37. The summed E-state index contributed by atoms with van der Waals surface area (Å²) in [5, 5.41) is 9.17. The van der Waals surface area contributed by atoms with E-state index in [1.165, 1.54) is 11.8 Å². The van der Waals surface area contributed by atoms with Crippen molar-refractivity contribution < 1.29 is 19.5 Å². The van der Waals surface area contributed by atoms with Gasteiger partial charge in [0.15, 0.2) is 0 Å². The SMILES string of the molecule is CC(=O)N(C)CC(=O)N1CCc2c(cccc2C(=O)O)C1. The highest BCUT2D eigenvalue weighted by molar-refractivity contribution is 5.90. The van der Waals surface area contributed by atoms with Crippen LogP contribution in [0.5, 0.6) is 0 Å². The summed E-state index contributed by atoms with van der Waals surface area (Å²) < 4.78 is 0. The van der Waals surface area contributed by atoms with Crippen LogP contribution in [-0.2, 0) is 22.6 Å². The average molecular weight is 290 g/mol. The van der Waals surface area contributed by atoms with Gasteiger partial charge in [-0.05, 0) is 23.6 Å². The molecular weight excluding hydrogens is 272 g/mol. The molecule has 0 bridgehead atoms. The molecule has 6 nitrogen and oxygen atoms in total. The van der Waals surface area contributed by atoms with Gasteiger partial charge in [0, 0.05) is 27.1 Å². The van der Waals surface area contributed by atoms with Gasteiger partial charge < -0.3 is 14.9 Å². The van der Waals surface area contributed by atoms with Crippen LogP contribution < -0.4 is 0 Å². The van der Waals surface area contributed by atoms with Crippen molar-refractivity contribution in [2.45, 2.75) is 19.9 Å². The van der Waals surface area contributed by atoms with Gasteiger partial charge in [0.1, 0.15) is 0 Å². The fourth-order valence-electron chi connectivity index (χ4n) is 2.44. The molecule has 21 heavy (non-hydrogen) atoms. The van der Waals surface area contributed by atoms with E-state index in [0.717, 1.165) is 11.1 Å². The van der Waals surface area contributed by atoms with Crippen LogP contribution in [0.4, 0.5) is 0 Å². The summed E-state index contributed by atoms with van der Waals surface area (Å²) in [7, 11) is 1.58. The van der Waals surface area contributed by atoms with Crippen molar-refractivity contribution in [2.24, 2.45) is 0 Å². The van der Waals surface area contributed by atoms with Gasteiger partial charge in [-0.1, -0.05) is 12.1 Å². The van der Waals surface area contributed by atoms with Gasteiger partial charge in [0.05, 0.1) is 12.1 Å². The van der Waals surface area contributed by atoms with Crippen LogP contribution in [-0.4, -0.2) is 52.8 Å². The Morgan fingerprint density at radius 3 is 2.67 bits per heavy atom. The molecule has 0 unspecified atom stereocenters. The Morgan fingerprint density at radius 2 is 2.05 bits per heavy atom. The predicted molar refractivity (Wildman–Crippen MR) is 75.8 cm³/mol. The third-order valence-corrected chi connectivity index (χ3v) is 3.76. The average Bonchev–Trinajstić information content (AvgIpc) is 2.45. The van der Waals surface area contributed by atoms with Gasteiger partial charge in [-0.15, -0.1) is 0 Å². The van der Waals surface area contributed by atoms with E-state index in [2.05, 4.69) is 0 Å². The molecular formula is C15H18N2O4. The first-order valence-corrected chi connectivity index (χ1v) is 6.73. The minimum Gasteiger partial charge on any atom is -0.478 e. The van der Waals surface area contributed by atoms with Crippen LogP contribution in [0.15, 0.2) is 18.2 Å². The molecule has 1 aliphatic rings. The molecule has 1 aliphatic heterocycles. The fraction of sp³-hybridized carbons (Fsp3) is 0.400. The molecule has 1 aromatic carbocycles. The number of fused-ring (bicyclic) bond motifs is 1. The van der Waals surface area contributed by atoms with Crippen LogP contribution in [0.25, 0.3) is 0 Å². The summed E-state index contributed by atoms with van der Waals surface area (Å²) in [5.41, 5.74) is 1.97. The summed E-state index contributed by atoms with van der Waals surface area (Å²) in [6.45, 7) is 2.32. The van der Waals surface area contributed by atoms with Crippen molar-refractivity contribution >= 4 is 17.8 Å². The second-order valence-corrected chi connectivity index (χ2v) is 5.19. The Labute approximate surface area is 123 Å². The van der Waals surface area contributed by atoms with Gasteiger partial charge in [-0.2, -0.15) is 0 Å². The molecule has 0 aliphatic carbocycles. The molecule has 0 fully saturated rings. The number of hydrogen-bond acceptors (Lipinski definition) is 3. The van der Waals surface area contributed by atoms with E-state index in [-0.39, 0.29) is 18.4 Å². The second-order valence-electron chi connectivity index (χ2n) is 5.19. The van der Waals surface area contributed by atoms with Crippen LogP contribution in [0.3, 0.4) is 0 Å². The van der Waals surface area contributed by atoms with E-state index in [1.807, 2.05) is 6.07 Å². The first kappa shape index (κ1) is 15.0. The number of rotatable bonds is 3. The third-order valence-electron chi connectivity index (χ3n) is 3.76. The van der Waals surface area contributed by atoms with Crippen LogP contribution in [0.2, 0.25) is 0 Å². The molecule has 0 aromatic heterocycles. The lowest BCUT2D eigenvalue weighted by Gasteiger charge is -2.30. The number of hydrogen-bond donors (Lipinski definition) is 1. The lowest BCUT2D eigenvalue weighted by Crippen LogP contribution is -2.43. The number of carbonyl (C=O) groups excluding carboxylic acids is 2. The molecule has 2 rings (SSSR count). The van der Waals surface area contributed by atoms with Gasteiger partial charge in [0.2, 0.25) is 11.8 Å². The summed E-state index contributed by atoms with van der Waals surface area (Å²) in [6, 6.07) is 5.12. The first-order valence-electron chi connectivity index (χ1n) is 6.73. The fourth-order valence-corrected chi connectivity index (χ4v) is 2.44. The lowest BCUT2D eigenvalue weighted by atomic mass is 9.94. The Kier molecular flexibility index (Phi) is 4.26. The van der Waals surface area contributed by atoms with Crippen LogP contribution in [0, 0.1) is 0 Å². The Morgan fingerprint density at radius 1 is 1.33 bits per heavy atom. The predicted octanol–water partition coefficient (Wildman–Crippen LogP) is 0.748. The molecule has 112 valence electrons. The molecule has 1 N–H and O–H groups in total. The normalized spacial score (nSPS) is 13.5. The first-order chi connectivity index (χ1) is 9.90. The monoisotopic (exact) mass is 290 g/mol. The number of nitrogens with zero attached hydrogens (tertiary/aromatic N) is 2. The minimum atomic E-state index is -0.942. The number of carboxylic acid groups (broad SMARTS) is 1. The number of aromatic carboxylic acids is 1. The van der Waals surface area contributed by atoms with E-state index in [9.17, 15) is 19.5 Å². The largest absolute Gasteiger partial charge is 0.478 e. The molecule has 0 saturated heterocycles. The molecule has 1 aromatic rings. The van der Waals surface area contributed by atoms with Crippen molar-refractivity contribution in [1.82, 2.24) is 9.80 Å². The molecule has 0 radical (unpaired) electrons. The standard InChI is InChI=1S/C15H18N2O4/c1-10(18)16(2)9-14(19)17-7-6-12-11(8-17)4-3-5-13(12)15(20)21/h3-5H,6-9H2,1-2H3,(H,20,21). The maximum Gasteiger partial charge on any atom is 0.335 e. The minimum absolute atomic E-state index is 0.0449. The van der Waals surface area contributed by atoms with Crippen molar-refractivity contribution in [3.63, 3.8) is 0 Å². The maximum absolute atomic E-state index is 12.2. The van der Waals surface area contributed by atoms with Crippen molar-refractivity contribution in [3.05, 3.63) is 34.9 Å². The van der Waals surface area contributed by atoms with Crippen molar-refractivity contribution in [1.29, 1.82) is 0 Å². The zero-order valence-corrected chi connectivity index (χ0v) is 12.1. The molecule has 0 atom stereocenters.